The zero-order chi connectivity index (χ0) is 25.2. The second-order valence-electron chi connectivity index (χ2n) is 8.68. The van der Waals surface area contributed by atoms with Gasteiger partial charge in [0.05, 0.1) is 21.6 Å². The highest BCUT2D eigenvalue weighted by atomic mass is 35.5. The molecule has 1 atom stereocenters. The van der Waals surface area contributed by atoms with Crippen LogP contribution in [0.1, 0.15) is 38.5 Å². The predicted molar refractivity (Wildman–Crippen MR) is 138 cm³/mol. The maximum Gasteiger partial charge on any atom is 0.248 e. The summed E-state index contributed by atoms with van der Waals surface area (Å²) < 4.78 is 27.5. The maximum atomic E-state index is 13.2. The Morgan fingerprint density at radius 1 is 1.14 bits per heavy atom. The Labute approximate surface area is 223 Å². The number of hydrogen-bond donors (Lipinski definition) is 1. The molecule has 190 valence electrons. The molecule has 13 heteroatoms. The smallest absolute Gasteiger partial charge is 0.248 e. The van der Waals surface area contributed by atoms with Crippen molar-refractivity contribution < 1.29 is 18.0 Å². The minimum absolute atomic E-state index is 0.0242. The molecule has 35 heavy (non-hydrogen) atoms. The van der Waals surface area contributed by atoms with Gasteiger partial charge in [-0.25, -0.2) is 13.4 Å². The normalized spacial score (nSPS) is 19.1. The molecule has 2 fully saturated rings. The van der Waals surface area contributed by atoms with E-state index in [9.17, 15) is 18.0 Å². The van der Waals surface area contributed by atoms with Crippen LogP contribution in [0.2, 0.25) is 15.1 Å². The molecule has 1 unspecified atom stereocenters. The first-order chi connectivity index (χ1) is 16.7. The molecule has 4 rings (SSSR count). The summed E-state index contributed by atoms with van der Waals surface area (Å²) in [6, 6.07) is 1.92. The highest BCUT2D eigenvalue weighted by Gasteiger charge is 2.40. The van der Waals surface area contributed by atoms with E-state index in [1.165, 1.54) is 34.8 Å². The van der Waals surface area contributed by atoms with E-state index in [-0.39, 0.29) is 39.0 Å². The molecule has 2 aliphatic rings. The largest absolute Gasteiger partial charge is 0.328 e. The van der Waals surface area contributed by atoms with Gasteiger partial charge in [-0.05, 0) is 24.5 Å². The lowest BCUT2D eigenvalue weighted by Crippen LogP contribution is -2.58. The molecule has 0 spiro atoms. The molecular weight excluding hydrogens is 555 g/mol. The van der Waals surface area contributed by atoms with Crippen LogP contribution in [0.15, 0.2) is 28.6 Å². The summed E-state index contributed by atoms with van der Waals surface area (Å²) in [4.78, 5) is 31.9. The minimum atomic E-state index is -4.10. The van der Waals surface area contributed by atoms with Gasteiger partial charge in [0.2, 0.25) is 21.8 Å². The fraction of sp³-hybridized carbons (Fsp3) is 0.500. The summed E-state index contributed by atoms with van der Waals surface area (Å²) in [5.74, 6) is -0.408. The van der Waals surface area contributed by atoms with Crippen LogP contribution >= 0.6 is 46.1 Å². The molecule has 1 saturated heterocycles. The number of amides is 2. The third-order valence-electron chi connectivity index (χ3n) is 6.46. The standard InChI is InChI=1S/C22H25Cl3N4O4S2/c23-15-6-7-17(20(25)19(15)24)35(32,33)28-9-10-29(18(30)13-28)16(12-14-4-2-1-3-5-14)21(31)27-22-26-8-11-34-22/h6-8,11,14,16H,1-5,9-10,12-13H2,(H,26,27,31). The van der Waals surface area contributed by atoms with Gasteiger partial charge in [0.25, 0.3) is 0 Å². The van der Waals surface area contributed by atoms with Gasteiger partial charge in [-0.15, -0.1) is 11.3 Å². The lowest BCUT2D eigenvalue weighted by molar-refractivity contribution is -0.142. The van der Waals surface area contributed by atoms with Crippen LogP contribution in [0.5, 0.6) is 0 Å². The third kappa shape index (κ3) is 5.94. The summed E-state index contributed by atoms with van der Waals surface area (Å²) in [6.45, 7) is -0.291. The van der Waals surface area contributed by atoms with E-state index >= 15 is 0 Å². The van der Waals surface area contributed by atoms with Crippen LogP contribution in [0.4, 0.5) is 5.13 Å². The number of aromatic nitrogens is 1. The molecule has 1 aromatic heterocycles. The number of halogens is 3. The second-order valence-corrected chi connectivity index (χ2v) is 12.6. The molecular formula is C22H25Cl3N4O4S2. The fourth-order valence-electron chi connectivity index (χ4n) is 4.63. The summed E-state index contributed by atoms with van der Waals surface area (Å²) in [5, 5.41) is 4.92. The van der Waals surface area contributed by atoms with Crippen molar-refractivity contribution in [2.45, 2.75) is 49.5 Å². The van der Waals surface area contributed by atoms with Crippen molar-refractivity contribution in [2.75, 3.05) is 25.0 Å². The van der Waals surface area contributed by atoms with Crippen molar-refractivity contribution in [2.24, 2.45) is 5.92 Å². The van der Waals surface area contributed by atoms with Gasteiger partial charge < -0.3 is 10.2 Å². The van der Waals surface area contributed by atoms with Crippen molar-refractivity contribution in [1.29, 1.82) is 0 Å². The average Bonchev–Trinajstić information content (AvgIpc) is 3.34. The van der Waals surface area contributed by atoms with Crippen LogP contribution in [0, 0.1) is 5.92 Å². The molecule has 1 aliphatic heterocycles. The maximum absolute atomic E-state index is 13.2. The Hall–Kier alpha value is -1.43. The molecule has 1 saturated carbocycles. The Bertz CT molecular complexity index is 1190. The zero-order valence-corrected chi connectivity index (χ0v) is 22.7. The van der Waals surface area contributed by atoms with Crippen molar-refractivity contribution in [3.05, 3.63) is 38.8 Å². The van der Waals surface area contributed by atoms with E-state index in [4.69, 9.17) is 34.8 Å². The Morgan fingerprint density at radius 2 is 1.89 bits per heavy atom. The molecule has 1 N–H and O–H groups in total. The van der Waals surface area contributed by atoms with Gasteiger partial charge in [0.15, 0.2) is 5.13 Å². The number of benzene rings is 1. The number of carbonyl (C=O) groups excluding carboxylic acids is 2. The minimum Gasteiger partial charge on any atom is -0.328 e. The third-order valence-corrected chi connectivity index (χ3v) is 10.4. The Morgan fingerprint density at radius 3 is 2.54 bits per heavy atom. The van der Waals surface area contributed by atoms with Gasteiger partial charge in [-0.3, -0.25) is 9.59 Å². The molecule has 1 aliphatic carbocycles. The van der Waals surface area contributed by atoms with E-state index in [0.717, 1.165) is 30.0 Å². The van der Waals surface area contributed by atoms with Crippen LogP contribution in [-0.4, -0.2) is 60.1 Å². The molecule has 8 nitrogen and oxygen atoms in total. The highest BCUT2D eigenvalue weighted by Crippen LogP contribution is 2.37. The molecule has 2 heterocycles. The fourth-order valence-corrected chi connectivity index (χ4v) is 7.50. The van der Waals surface area contributed by atoms with Gasteiger partial charge in [0.1, 0.15) is 10.9 Å². The second kappa shape index (κ2) is 11.3. The summed E-state index contributed by atoms with van der Waals surface area (Å²) >= 11 is 19.4. The first-order valence-corrected chi connectivity index (χ1v) is 14.8. The predicted octanol–water partition coefficient (Wildman–Crippen LogP) is 4.91. The van der Waals surface area contributed by atoms with E-state index in [1.807, 2.05) is 0 Å². The molecule has 0 radical (unpaired) electrons. The topological polar surface area (TPSA) is 99.7 Å². The van der Waals surface area contributed by atoms with Gasteiger partial charge in [0, 0.05) is 24.7 Å². The number of thiazole rings is 1. The van der Waals surface area contributed by atoms with Gasteiger partial charge >= 0.3 is 0 Å². The highest BCUT2D eigenvalue weighted by molar-refractivity contribution is 7.89. The summed E-state index contributed by atoms with van der Waals surface area (Å²) in [7, 11) is -4.10. The first kappa shape index (κ1) is 26.6. The van der Waals surface area contributed by atoms with Crippen molar-refractivity contribution in [3.8, 4) is 0 Å². The SMILES string of the molecule is O=C(Nc1nccs1)C(CC1CCCCC1)N1CCN(S(=O)(=O)c2ccc(Cl)c(Cl)c2Cl)CC1=O. The van der Waals surface area contributed by atoms with Crippen molar-refractivity contribution in [3.63, 3.8) is 0 Å². The summed E-state index contributed by atoms with van der Waals surface area (Å²) in [6.07, 6.45) is 7.55. The number of anilines is 1. The van der Waals surface area contributed by atoms with Gasteiger partial charge in [-0.1, -0.05) is 66.9 Å². The van der Waals surface area contributed by atoms with Gasteiger partial charge in [-0.2, -0.15) is 4.31 Å². The van der Waals surface area contributed by atoms with Crippen LogP contribution < -0.4 is 5.32 Å². The Kier molecular flexibility index (Phi) is 8.61. The first-order valence-electron chi connectivity index (χ1n) is 11.3. The van der Waals surface area contributed by atoms with Crippen LogP contribution in [0.25, 0.3) is 0 Å². The van der Waals surface area contributed by atoms with Crippen LogP contribution in [-0.2, 0) is 19.6 Å². The van der Waals surface area contributed by atoms with Crippen LogP contribution in [0.3, 0.4) is 0 Å². The number of sulfonamides is 1. The number of nitrogens with zero attached hydrogens (tertiary/aromatic N) is 3. The number of nitrogens with one attached hydrogen (secondary N) is 1. The monoisotopic (exact) mass is 578 g/mol. The molecule has 2 amide bonds. The van der Waals surface area contributed by atoms with E-state index in [0.29, 0.717) is 17.5 Å². The zero-order valence-electron chi connectivity index (χ0n) is 18.8. The summed E-state index contributed by atoms with van der Waals surface area (Å²) in [5.41, 5.74) is 0. The van der Waals surface area contributed by atoms with E-state index < -0.39 is 28.5 Å². The Balaban J connectivity index is 1.53. The quantitative estimate of drug-likeness (QED) is 0.470. The molecule has 1 aromatic carbocycles. The lowest BCUT2D eigenvalue weighted by Gasteiger charge is -2.39. The number of rotatable bonds is 7. The number of carbonyl (C=O) groups is 2. The van der Waals surface area contributed by atoms with Crippen molar-refractivity contribution >= 4 is 73.1 Å². The number of piperazine rings is 1. The molecule has 0 bridgehead atoms. The number of hydrogen-bond acceptors (Lipinski definition) is 6. The average molecular weight is 580 g/mol. The molecule has 2 aromatic rings. The van der Waals surface area contributed by atoms with E-state index in [2.05, 4.69) is 10.3 Å². The lowest BCUT2D eigenvalue weighted by atomic mass is 9.84. The van der Waals surface area contributed by atoms with Crippen molar-refractivity contribution in [1.82, 2.24) is 14.2 Å². The van der Waals surface area contributed by atoms with E-state index in [1.54, 1.807) is 11.6 Å².